The molecule has 3 rings (SSSR count). The zero-order valence-electron chi connectivity index (χ0n) is 10.7. The molecular formula is C16H14N2O. The van der Waals surface area contributed by atoms with Crippen molar-refractivity contribution in [2.45, 2.75) is 13.3 Å². The molecule has 0 aliphatic heterocycles. The summed E-state index contributed by atoms with van der Waals surface area (Å²) >= 11 is 0. The lowest BCUT2D eigenvalue weighted by molar-refractivity contribution is 0.101. The molecule has 0 saturated heterocycles. The summed E-state index contributed by atoms with van der Waals surface area (Å²) in [6.45, 7) is 1.57. The number of aromatic amines is 1. The number of imidazole rings is 1. The number of benzene rings is 2. The first-order chi connectivity index (χ1) is 9.24. The van der Waals surface area contributed by atoms with Crippen LogP contribution in [0.4, 0.5) is 0 Å². The minimum atomic E-state index is 0.0448. The Morgan fingerprint density at radius 2 is 1.89 bits per heavy atom. The van der Waals surface area contributed by atoms with Crippen LogP contribution in [0, 0.1) is 0 Å². The van der Waals surface area contributed by atoms with Crippen LogP contribution in [0.1, 0.15) is 28.7 Å². The third kappa shape index (κ3) is 2.27. The van der Waals surface area contributed by atoms with Crippen molar-refractivity contribution in [2.75, 3.05) is 0 Å². The van der Waals surface area contributed by atoms with Crippen LogP contribution in [0.15, 0.2) is 48.5 Å². The maximum absolute atomic E-state index is 11.6. The number of nitrogens with zero attached hydrogens (tertiary/aromatic N) is 1. The Labute approximate surface area is 111 Å². The van der Waals surface area contributed by atoms with Crippen LogP contribution < -0.4 is 0 Å². The molecule has 0 spiro atoms. The molecule has 94 valence electrons. The van der Waals surface area contributed by atoms with Gasteiger partial charge in [-0.25, -0.2) is 4.98 Å². The Hall–Kier alpha value is -2.42. The van der Waals surface area contributed by atoms with Crippen molar-refractivity contribution in [1.82, 2.24) is 9.97 Å². The molecule has 0 fully saturated rings. The third-order valence-electron chi connectivity index (χ3n) is 3.16. The third-order valence-corrected chi connectivity index (χ3v) is 3.16. The van der Waals surface area contributed by atoms with E-state index in [0.717, 1.165) is 23.3 Å². The maximum atomic E-state index is 11.6. The van der Waals surface area contributed by atoms with E-state index in [-0.39, 0.29) is 5.78 Å². The Kier molecular flexibility index (Phi) is 2.88. The molecular weight excluding hydrogens is 236 g/mol. The molecule has 1 heterocycles. The van der Waals surface area contributed by atoms with Crippen molar-refractivity contribution in [3.05, 3.63) is 65.5 Å². The highest BCUT2D eigenvalue weighted by atomic mass is 16.1. The predicted molar refractivity (Wildman–Crippen MR) is 75.3 cm³/mol. The van der Waals surface area contributed by atoms with Gasteiger partial charge in [0.15, 0.2) is 5.78 Å². The second-order valence-corrected chi connectivity index (χ2v) is 4.60. The molecule has 0 bridgehead atoms. The molecule has 3 aromatic rings. The van der Waals surface area contributed by atoms with Crippen LogP contribution in [-0.4, -0.2) is 15.8 Å². The van der Waals surface area contributed by atoms with Gasteiger partial charge in [0.2, 0.25) is 0 Å². The second-order valence-electron chi connectivity index (χ2n) is 4.60. The Bertz CT molecular complexity index is 729. The van der Waals surface area contributed by atoms with Crippen molar-refractivity contribution in [2.24, 2.45) is 0 Å². The average Bonchev–Trinajstić information content (AvgIpc) is 2.81. The summed E-state index contributed by atoms with van der Waals surface area (Å²) in [6, 6.07) is 15.8. The average molecular weight is 250 g/mol. The van der Waals surface area contributed by atoms with Crippen molar-refractivity contribution in [3.63, 3.8) is 0 Å². The number of ketones is 1. The summed E-state index contributed by atoms with van der Waals surface area (Å²) in [5.74, 6) is 0.929. The standard InChI is InChI=1S/C16H14N2O/c1-11(19)13-8-5-9-14-16(13)18-15(17-14)10-12-6-3-2-4-7-12/h2-9H,10H2,1H3,(H,17,18). The zero-order valence-corrected chi connectivity index (χ0v) is 10.7. The molecule has 19 heavy (non-hydrogen) atoms. The fraction of sp³-hybridized carbons (Fsp3) is 0.125. The van der Waals surface area contributed by atoms with Gasteiger partial charge in [0.1, 0.15) is 5.82 Å². The predicted octanol–water partition coefficient (Wildman–Crippen LogP) is 3.36. The lowest BCUT2D eigenvalue weighted by Gasteiger charge is -1.96. The summed E-state index contributed by atoms with van der Waals surface area (Å²) < 4.78 is 0. The quantitative estimate of drug-likeness (QED) is 0.724. The second kappa shape index (κ2) is 4.69. The van der Waals surface area contributed by atoms with E-state index in [1.807, 2.05) is 36.4 Å². The van der Waals surface area contributed by atoms with Crippen LogP contribution >= 0.6 is 0 Å². The monoisotopic (exact) mass is 250 g/mol. The number of hydrogen-bond acceptors (Lipinski definition) is 2. The normalized spacial score (nSPS) is 10.8. The molecule has 0 amide bonds. The first-order valence-electron chi connectivity index (χ1n) is 6.26. The van der Waals surface area contributed by atoms with E-state index >= 15 is 0 Å². The van der Waals surface area contributed by atoms with Gasteiger partial charge in [-0.3, -0.25) is 4.79 Å². The van der Waals surface area contributed by atoms with Crippen molar-refractivity contribution < 1.29 is 4.79 Å². The molecule has 0 saturated carbocycles. The lowest BCUT2D eigenvalue weighted by atomic mass is 10.1. The molecule has 0 aliphatic rings. The Morgan fingerprint density at radius 1 is 1.11 bits per heavy atom. The largest absolute Gasteiger partial charge is 0.342 e. The van der Waals surface area contributed by atoms with Crippen molar-refractivity contribution in [3.8, 4) is 0 Å². The highest BCUT2D eigenvalue weighted by Crippen LogP contribution is 2.18. The topological polar surface area (TPSA) is 45.8 Å². The fourth-order valence-electron chi connectivity index (χ4n) is 2.24. The van der Waals surface area contributed by atoms with Gasteiger partial charge in [-0.15, -0.1) is 0 Å². The van der Waals surface area contributed by atoms with Gasteiger partial charge in [-0.05, 0) is 24.6 Å². The Balaban J connectivity index is 2.03. The number of hydrogen-bond donors (Lipinski definition) is 1. The van der Waals surface area contributed by atoms with E-state index < -0.39 is 0 Å². The summed E-state index contributed by atoms with van der Waals surface area (Å²) in [7, 11) is 0. The molecule has 0 radical (unpaired) electrons. The SMILES string of the molecule is CC(=O)c1cccc2[nH]c(Cc3ccccc3)nc12. The smallest absolute Gasteiger partial charge is 0.162 e. The van der Waals surface area contributed by atoms with Crippen LogP contribution in [-0.2, 0) is 6.42 Å². The number of rotatable bonds is 3. The number of H-pyrrole nitrogens is 1. The molecule has 3 heteroatoms. The molecule has 1 N–H and O–H groups in total. The summed E-state index contributed by atoms with van der Waals surface area (Å²) in [5, 5.41) is 0. The minimum Gasteiger partial charge on any atom is -0.342 e. The van der Waals surface area contributed by atoms with Crippen LogP contribution in [0.5, 0.6) is 0 Å². The van der Waals surface area contributed by atoms with E-state index in [2.05, 4.69) is 22.1 Å². The molecule has 3 nitrogen and oxygen atoms in total. The fourth-order valence-corrected chi connectivity index (χ4v) is 2.24. The number of aromatic nitrogens is 2. The van der Waals surface area contributed by atoms with Crippen molar-refractivity contribution in [1.29, 1.82) is 0 Å². The Morgan fingerprint density at radius 3 is 2.63 bits per heavy atom. The number of carbonyl (C=O) groups excluding carboxylic acids is 1. The number of para-hydroxylation sites is 1. The first-order valence-corrected chi connectivity index (χ1v) is 6.26. The van der Waals surface area contributed by atoms with Gasteiger partial charge >= 0.3 is 0 Å². The summed E-state index contributed by atoms with van der Waals surface area (Å²) in [5.41, 5.74) is 3.55. The van der Waals surface area contributed by atoms with E-state index in [4.69, 9.17) is 0 Å². The maximum Gasteiger partial charge on any atom is 0.162 e. The number of carbonyl (C=O) groups is 1. The first kappa shape index (κ1) is 11.7. The molecule has 0 unspecified atom stereocenters. The van der Waals surface area contributed by atoms with Crippen LogP contribution in [0.25, 0.3) is 11.0 Å². The number of Topliss-reactive ketones (excluding diaryl/α,β-unsaturated/α-hetero) is 1. The molecule has 2 aromatic carbocycles. The highest BCUT2D eigenvalue weighted by molar-refractivity contribution is 6.04. The van der Waals surface area contributed by atoms with E-state index in [1.165, 1.54) is 5.56 Å². The minimum absolute atomic E-state index is 0.0448. The van der Waals surface area contributed by atoms with Crippen LogP contribution in [0.2, 0.25) is 0 Å². The van der Waals surface area contributed by atoms with Gasteiger partial charge in [-0.2, -0.15) is 0 Å². The van der Waals surface area contributed by atoms with Gasteiger partial charge in [0.25, 0.3) is 0 Å². The van der Waals surface area contributed by atoms with E-state index in [9.17, 15) is 4.79 Å². The molecule has 0 aliphatic carbocycles. The molecule has 1 aromatic heterocycles. The highest BCUT2D eigenvalue weighted by Gasteiger charge is 2.10. The lowest BCUT2D eigenvalue weighted by Crippen LogP contribution is -1.93. The summed E-state index contributed by atoms with van der Waals surface area (Å²) in [4.78, 5) is 19.4. The number of fused-ring (bicyclic) bond motifs is 1. The van der Waals surface area contributed by atoms with E-state index in [0.29, 0.717) is 5.56 Å². The van der Waals surface area contributed by atoms with Gasteiger partial charge < -0.3 is 4.98 Å². The molecule has 0 atom stereocenters. The van der Waals surface area contributed by atoms with Gasteiger partial charge in [0, 0.05) is 12.0 Å². The zero-order chi connectivity index (χ0) is 13.2. The van der Waals surface area contributed by atoms with Gasteiger partial charge in [-0.1, -0.05) is 36.4 Å². The van der Waals surface area contributed by atoms with E-state index in [1.54, 1.807) is 6.92 Å². The van der Waals surface area contributed by atoms with Crippen molar-refractivity contribution >= 4 is 16.8 Å². The van der Waals surface area contributed by atoms with Crippen LogP contribution in [0.3, 0.4) is 0 Å². The summed E-state index contributed by atoms with van der Waals surface area (Å²) in [6.07, 6.45) is 0.743. The number of nitrogens with one attached hydrogen (secondary N) is 1. The van der Waals surface area contributed by atoms with Gasteiger partial charge in [0.05, 0.1) is 11.0 Å².